The smallest absolute Gasteiger partial charge is 0.325 e. The van der Waals surface area contributed by atoms with Crippen LogP contribution < -0.4 is 21.5 Å². The second-order valence-corrected chi connectivity index (χ2v) is 26.4. The minimum atomic E-state index is -1.75. The van der Waals surface area contributed by atoms with E-state index in [9.17, 15) is 43.5 Å². The molecule has 9 atom stereocenters. The molecule has 1 unspecified atom stereocenters. The van der Waals surface area contributed by atoms with Gasteiger partial charge in [-0.1, -0.05) is 116 Å². The predicted molar refractivity (Wildman–Crippen MR) is 307 cm³/mol. The lowest BCUT2D eigenvalue weighted by Crippen LogP contribution is -2.60. The molecule has 0 aromatic heterocycles. The molecule has 0 bridgehead atoms. The van der Waals surface area contributed by atoms with Crippen molar-refractivity contribution < 1.29 is 81.7 Å². The van der Waals surface area contributed by atoms with Gasteiger partial charge in [0.15, 0.2) is 11.9 Å². The molecule has 4 aliphatic rings. The lowest BCUT2D eigenvalue weighted by Gasteiger charge is -2.34. The predicted octanol–water partition coefficient (Wildman–Crippen LogP) is 6.32. The molecular weight excluding hydrogens is 1210 g/mol. The van der Waals surface area contributed by atoms with E-state index < -0.39 is 122 Å². The van der Waals surface area contributed by atoms with Crippen LogP contribution in [0.4, 0.5) is 0 Å². The Morgan fingerprint density at radius 3 is 1.63 bits per heavy atom. The molecule has 4 amide bonds. The number of carboxylic acid groups (broad SMARTS) is 1. The van der Waals surface area contributed by atoms with Crippen LogP contribution in [-0.4, -0.2) is 176 Å². The van der Waals surface area contributed by atoms with Crippen molar-refractivity contribution >= 4 is 117 Å². The summed E-state index contributed by atoms with van der Waals surface area (Å²) in [6.07, 6.45) is 8.22. The molecule has 470 valence electrons. The summed E-state index contributed by atoms with van der Waals surface area (Å²) in [5.41, 5.74) is 5.11. The Morgan fingerprint density at radius 1 is 0.732 bits per heavy atom. The summed E-state index contributed by atoms with van der Waals surface area (Å²) < 4.78 is 34.0. The Kier molecular flexibility index (Phi) is 32.8. The van der Waals surface area contributed by atoms with Crippen LogP contribution in [0.2, 0.25) is 0 Å². The van der Waals surface area contributed by atoms with E-state index in [-0.39, 0.29) is 24.5 Å². The van der Waals surface area contributed by atoms with Gasteiger partial charge in [-0.05, 0) is 104 Å². The Morgan fingerprint density at radius 2 is 1.22 bits per heavy atom. The van der Waals surface area contributed by atoms with Gasteiger partial charge in [0.1, 0.15) is 50.3 Å². The third-order valence-electron chi connectivity index (χ3n) is 13.3. The van der Waals surface area contributed by atoms with Gasteiger partial charge in [-0.15, -0.1) is 6.58 Å². The fraction of sp³-hybridized carbons (Fsp3) is 0.774. The molecule has 4 fully saturated rings. The van der Waals surface area contributed by atoms with Crippen molar-refractivity contribution in [2.24, 2.45) is 23.7 Å². The number of carboxylic acids is 1. The fourth-order valence-corrected chi connectivity index (χ4v) is 8.69. The number of nitrogens with zero attached hydrogens (tertiary/aromatic N) is 2. The normalized spacial score (nSPS) is 22.2. The molecule has 0 saturated carbocycles. The summed E-state index contributed by atoms with van der Waals surface area (Å²) in [6, 6.07) is -3.42. The van der Waals surface area contributed by atoms with Gasteiger partial charge in [0, 0.05) is 19.5 Å². The summed E-state index contributed by atoms with van der Waals surface area (Å²) in [6.45, 7) is 20.8. The number of aliphatic hydroxyl groups is 1. The topological polar surface area (TPSA) is 296 Å². The average Bonchev–Trinajstić information content (AvgIpc) is 4.13. The van der Waals surface area contributed by atoms with Gasteiger partial charge in [0.2, 0.25) is 13.5 Å². The molecule has 0 aromatic carbocycles. The molecule has 4 saturated heterocycles. The number of aliphatic carboxylic acids is 1. The van der Waals surface area contributed by atoms with E-state index in [0.717, 1.165) is 0 Å². The number of hydrogen-bond donors (Lipinski definition) is 6. The highest BCUT2D eigenvalue weighted by Gasteiger charge is 2.39. The molecule has 4 rings (SSSR count). The molecule has 23 nitrogen and oxygen atoms in total. The molecule has 0 radical (unpaired) electrons. The molecule has 82 heavy (non-hydrogen) atoms. The second-order valence-electron chi connectivity index (χ2n) is 21.4. The van der Waals surface area contributed by atoms with E-state index in [2.05, 4.69) is 28.1 Å². The van der Waals surface area contributed by atoms with Crippen LogP contribution in [0.25, 0.3) is 0 Å². The zero-order valence-corrected chi connectivity index (χ0v) is 52.7. The lowest BCUT2D eigenvalue weighted by molar-refractivity contribution is -0.163. The molecule has 6 N–H and O–H groups in total. The molecule has 0 aliphatic carbocycles. The van der Waals surface area contributed by atoms with Crippen molar-refractivity contribution in [1.82, 2.24) is 31.5 Å². The van der Waals surface area contributed by atoms with Crippen LogP contribution >= 0.6 is 69.6 Å². The van der Waals surface area contributed by atoms with Crippen LogP contribution in [0.5, 0.6) is 0 Å². The van der Waals surface area contributed by atoms with E-state index in [1.54, 1.807) is 33.8 Å². The molecule has 0 aromatic rings. The minimum Gasteiger partial charge on any atom is -0.481 e. The van der Waals surface area contributed by atoms with Crippen LogP contribution in [0.3, 0.4) is 0 Å². The lowest BCUT2D eigenvalue weighted by atomic mass is 9.91. The second kappa shape index (κ2) is 36.0. The number of allylic oxidation sites excluding steroid dienone is 3. The highest BCUT2D eigenvalue weighted by atomic mass is 35.6. The zero-order chi connectivity index (χ0) is 62.2. The van der Waals surface area contributed by atoms with Crippen LogP contribution in [0, 0.1) is 23.7 Å². The van der Waals surface area contributed by atoms with Gasteiger partial charge in [-0.3, -0.25) is 48.4 Å². The van der Waals surface area contributed by atoms with Crippen LogP contribution in [-0.2, 0) is 71.5 Å². The van der Waals surface area contributed by atoms with Crippen molar-refractivity contribution in [3.63, 3.8) is 0 Å². The average molecular weight is 1290 g/mol. The highest BCUT2D eigenvalue weighted by molar-refractivity contribution is 6.68. The van der Waals surface area contributed by atoms with Crippen molar-refractivity contribution in [2.75, 3.05) is 52.9 Å². The van der Waals surface area contributed by atoms with E-state index in [1.165, 1.54) is 23.9 Å². The maximum Gasteiger partial charge on any atom is 0.325 e. The van der Waals surface area contributed by atoms with Crippen molar-refractivity contribution in [1.29, 1.82) is 0 Å². The Hall–Kier alpha value is -3.30. The summed E-state index contributed by atoms with van der Waals surface area (Å²) in [5.74, 6) is -6.77. The number of ether oxygens (including phenoxy) is 7. The molecule has 0 spiro atoms. The van der Waals surface area contributed by atoms with E-state index in [0.29, 0.717) is 97.1 Å². The Bertz CT molecular complexity index is 2120. The first-order chi connectivity index (χ1) is 38.1. The SMILES string of the molecule is C/C=C/C[C@@H](CCC1(C)COCO1)C(=O)O[C@H](C(=O)N[C@@H](C)C(=O)N1CCC[C@@H](C(=O)OCC(Cl)(Cl)Cl)N1)C(C)C.C=CC[C@@H](CCC1(C)OCCO1)C(=O)O.CC(C)[C@H](O)C(=O)N[C@@H](C)C(=O)N1CCC[C@@H](C(=O)OCC(Cl)(Cl)Cl)N1. The largest absolute Gasteiger partial charge is 0.481 e. The van der Waals surface area contributed by atoms with E-state index in [4.69, 9.17) is 108 Å². The number of carbonyl (C=O) groups excluding carboxylic acids is 7. The van der Waals surface area contributed by atoms with Gasteiger partial charge < -0.3 is 54.0 Å². The molecule has 29 heteroatoms. The van der Waals surface area contributed by atoms with Crippen LogP contribution in [0.15, 0.2) is 24.8 Å². The highest BCUT2D eigenvalue weighted by Crippen LogP contribution is 2.30. The number of aliphatic hydroxyl groups excluding tert-OH is 1. The molecule has 4 aliphatic heterocycles. The first-order valence-electron chi connectivity index (χ1n) is 27.2. The third kappa shape index (κ3) is 27.8. The van der Waals surface area contributed by atoms with Gasteiger partial charge >= 0.3 is 23.9 Å². The monoisotopic (exact) mass is 1290 g/mol. The van der Waals surface area contributed by atoms with Crippen LogP contribution in [0.1, 0.15) is 127 Å². The van der Waals surface area contributed by atoms with Gasteiger partial charge in [0.05, 0.1) is 37.3 Å². The number of rotatable bonds is 25. The van der Waals surface area contributed by atoms with Gasteiger partial charge in [-0.2, -0.15) is 0 Å². The summed E-state index contributed by atoms with van der Waals surface area (Å²) in [7, 11) is 0. The quantitative estimate of drug-likeness (QED) is 0.0252. The third-order valence-corrected chi connectivity index (χ3v) is 13.9. The molecule has 4 heterocycles. The van der Waals surface area contributed by atoms with E-state index >= 15 is 0 Å². The first-order valence-corrected chi connectivity index (χ1v) is 29.5. The summed E-state index contributed by atoms with van der Waals surface area (Å²) in [4.78, 5) is 99.1. The van der Waals surface area contributed by atoms with Crippen molar-refractivity contribution in [3.8, 4) is 0 Å². The minimum absolute atomic E-state index is 0.224. The number of carbonyl (C=O) groups is 8. The maximum atomic E-state index is 13.2. The number of esters is 3. The maximum absolute atomic E-state index is 13.2. The Labute approximate surface area is 510 Å². The summed E-state index contributed by atoms with van der Waals surface area (Å²) >= 11 is 33.5. The number of halogens is 6. The molecular formula is C53H84Cl6N6O17. The number of hydrazine groups is 2. The zero-order valence-electron chi connectivity index (χ0n) is 48.1. The fourth-order valence-electron chi connectivity index (χ4n) is 8.36. The van der Waals surface area contributed by atoms with Crippen molar-refractivity contribution in [2.45, 2.75) is 182 Å². The van der Waals surface area contributed by atoms with Crippen molar-refractivity contribution in [3.05, 3.63) is 24.8 Å². The summed E-state index contributed by atoms with van der Waals surface area (Å²) in [5, 5.41) is 26.3. The van der Waals surface area contributed by atoms with Gasteiger partial charge in [-0.25, -0.2) is 10.9 Å². The van der Waals surface area contributed by atoms with Gasteiger partial charge in [0.25, 0.3) is 17.7 Å². The standard InChI is InChI=1S/C27H42Cl3N3O8.C15H24Cl3N3O5.C11H18O4/c1-6-7-9-19(11-12-26(5)14-38-16-40-26)24(36)41-21(17(2)3)22(34)31-18(4)23(35)33-13-8-10-20(32-33)25(37)39-15-27(28,29)30;1-8(2)11(22)12(23)19-9(3)13(24)21-6-4-5-10(20-21)14(25)26-7-15(16,17)18;1-3-4-9(10(12)13)5-6-11(2)14-7-8-15-11/h6-7,17-21,32H,8-16H2,1-5H3,(H,31,34);8-11,20,22H,4-7H2,1-3H3,(H,19,23);3,9H,1,4-8H2,2H3,(H,12,13)/b7-6+;;/t18-,19-,20-,21-,26?;9-,10-,11-;9-/m000/s1. The Balaban J connectivity index is 0.000000474. The number of amides is 4. The number of hydrogen-bond acceptors (Lipinski definition) is 18. The first kappa shape index (κ1) is 74.8. The number of nitrogens with one attached hydrogen (secondary N) is 4. The van der Waals surface area contributed by atoms with E-state index in [1.807, 2.05) is 32.9 Å². The number of alkyl halides is 6.